The van der Waals surface area contributed by atoms with Gasteiger partial charge >= 0.3 is 18.0 Å². The van der Waals surface area contributed by atoms with E-state index in [1.165, 1.54) is 18.8 Å². The Morgan fingerprint density at radius 1 is 0.587 bits per heavy atom. The van der Waals surface area contributed by atoms with Crippen molar-refractivity contribution in [2.24, 2.45) is 0 Å². The summed E-state index contributed by atoms with van der Waals surface area (Å²) >= 11 is 0. The zero-order valence-corrected chi connectivity index (χ0v) is 36.2. The third-order valence-corrected chi connectivity index (χ3v) is 9.89. The standard InChI is InChI=1S/C28H28N2O5.C23H20N2O3/c1-18-29-25-23(26(31)33-5)15-21(16-24(25)30(18)27(32)35-28(2,3)4)20-11-13-22(14-12-20)34-17-19-9-7-6-8-10-19;1-15-24-21-13-18(12-20(22(21)25-15)23(26)27-2)17-8-10-19(11-9-17)28-14-16-6-4-3-5-7-16/h6-16H,17H2,1-5H3;3-13H,14H2,1-2H3,(H,24,25). The van der Waals surface area contributed by atoms with Crippen molar-refractivity contribution >= 4 is 40.1 Å². The molecular formula is C51H48N4O8. The summed E-state index contributed by atoms with van der Waals surface area (Å²) < 4.78 is 28.6. The van der Waals surface area contributed by atoms with Crippen LogP contribution in [0.4, 0.5) is 4.79 Å². The molecule has 0 saturated heterocycles. The van der Waals surface area contributed by atoms with Crippen molar-refractivity contribution in [1.82, 2.24) is 19.5 Å². The summed E-state index contributed by atoms with van der Waals surface area (Å²) in [7, 11) is 2.69. The van der Waals surface area contributed by atoms with Crippen LogP contribution in [0.25, 0.3) is 44.3 Å². The smallest absolute Gasteiger partial charge is 0.420 e. The number of hydrogen-bond acceptors (Lipinski definition) is 10. The minimum atomic E-state index is -0.682. The Morgan fingerprint density at radius 3 is 1.54 bits per heavy atom. The second kappa shape index (κ2) is 18.9. The highest BCUT2D eigenvalue weighted by molar-refractivity contribution is 6.06. The van der Waals surface area contributed by atoms with Crippen molar-refractivity contribution in [1.29, 1.82) is 0 Å². The highest BCUT2D eigenvalue weighted by Gasteiger charge is 2.25. The zero-order valence-electron chi connectivity index (χ0n) is 36.2. The molecule has 0 atom stereocenters. The maximum absolute atomic E-state index is 13.0. The van der Waals surface area contributed by atoms with Crippen molar-refractivity contribution in [3.05, 3.63) is 167 Å². The molecule has 2 aromatic heterocycles. The van der Waals surface area contributed by atoms with Gasteiger partial charge in [-0.3, -0.25) is 0 Å². The molecule has 0 aliphatic rings. The minimum Gasteiger partial charge on any atom is -0.489 e. The first-order chi connectivity index (χ1) is 30.3. The Kier molecular flexibility index (Phi) is 13.0. The Hall–Kier alpha value is -7.73. The van der Waals surface area contributed by atoms with Crippen molar-refractivity contribution in [2.45, 2.75) is 53.4 Å². The zero-order chi connectivity index (χ0) is 44.7. The van der Waals surface area contributed by atoms with Gasteiger partial charge in [0.25, 0.3) is 0 Å². The fraction of sp³-hybridized carbons (Fsp3) is 0.196. The molecule has 0 fully saturated rings. The number of esters is 2. The van der Waals surface area contributed by atoms with Crippen LogP contribution < -0.4 is 9.47 Å². The Bertz CT molecular complexity index is 2880. The molecule has 320 valence electrons. The molecule has 0 aliphatic heterocycles. The topological polar surface area (TPSA) is 144 Å². The summed E-state index contributed by atoms with van der Waals surface area (Å²) in [5, 5.41) is 0. The van der Waals surface area contributed by atoms with Gasteiger partial charge in [0.2, 0.25) is 0 Å². The molecule has 1 N–H and O–H groups in total. The molecule has 0 amide bonds. The predicted molar refractivity (Wildman–Crippen MR) is 242 cm³/mol. The van der Waals surface area contributed by atoms with Gasteiger partial charge in [-0.2, -0.15) is 0 Å². The summed E-state index contributed by atoms with van der Waals surface area (Å²) in [6.45, 7) is 9.94. The number of rotatable bonds is 10. The summed E-state index contributed by atoms with van der Waals surface area (Å²) in [5.41, 5.74) is 7.98. The van der Waals surface area contributed by atoms with Gasteiger partial charge in [-0.25, -0.2) is 28.9 Å². The molecular weight excluding hydrogens is 797 g/mol. The summed E-state index contributed by atoms with van der Waals surface area (Å²) in [6, 6.07) is 42.7. The number of ether oxygens (including phenoxy) is 5. The molecule has 12 nitrogen and oxygen atoms in total. The third kappa shape index (κ3) is 10.4. The fourth-order valence-corrected chi connectivity index (χ4v) is 6.91. The molecule has 12 heteroatoms. The van der Waals surface area contributed by atoms with Crippen LogP contribution in [-0.2, 0) is 27.4 Å². The number of hydrogen-bond donors (Lipinski definition) is 1. The first kappa shape index (κ1) is 43.4. The molecule has 0 radical (unpaired) electrons. The predicted octanol–water partition coefficient (Wildman–Crippen LogP) is 11.1. The van der Waals surface area contributed by atoms with Crippen LogP contribution in [0, 0.1) is 13.8 Å². The first-order valence-electron chi connectivity index (χ1n) is 20.3. The number of aromatic amines is 1. The summed E-state index contributed by atoms with van der Waals surface area (Å²) in [6.07, 6.45) is -0.560. The van der Waals surface area contributed by atoms with E-state index in [2.05, 4.69) is 15.0 Å². The molecule has 0 bridgehead atoms. The van der Waals surface area contributed by atoms with E-state index in [0.29, 0.717) is 41.2 Å². The lowest BCUT2D eigenvalue weighted by atomic mass is 10.0. The number of fused-ring (bicyclic) bond motifs is 2. The van der Waals surface area contributed by atoms with Crippen LogP contribution in [0.2, 0.25) is 0 Å². The van der Waals surface area contributed by atoms with E-state index in [-0.39, 0.29) is 5.56 Å². The van der Waals surface area contributed by atoms with Gasteiger partial charge in [-0.05, 0) is 117 Å². The second-order valence-corrected chi connectivity index (χ2v) is 15.7. The number of nitrogens with zero attached hydrogens (tertiary/aromatic N) is 3. The maximum atomic E-state index is 13.0. The molecule has 2 heterocycles. The van der Waals surface area contributed by atoms with Crippen molar-refractivity contribution in [3.8, 4) is 33.8 Å². The largest absolute Gasteiger partial charge is 0.489 e. The molecule has 0 unspecified atom stereocenters. The Morgan fingerprint density at radius 2 is 1.06 bits per heavy atom. The van der Waals surface area contributed by atoms with Gasteiger partial charge in [-0.1, -0.05) is 84.9 Å². The Balaban J connectivity index is 0.000000193. The third-order valence-electron chi connectivity index (χ3n) is 9.89. The first-order valence-corrected chi connectivity index (χ1v) is 20.3. The van der Waals surface area contributed by atoms with E-state index in [9.17, 15) is 14.4 Å². The van der Waals surface area contributed by atoms with Gasteiger partial charge in [0.15, 0.2) is 0 Å². The molecule has 63 heavy (non-hydrogen) atoms. The van der Waals surface area contributed by atoms with E-state index in [1.54, 1.807) is 33.8 Å². The summed E-state index contributed by atoms with van der Waals surface area (Å²) in [5.74, 6) is 1.75. The SMILES string of the molecule is COC(=O)c1cc(-c2ccc(OCc3ccccc3)cc2)cc2[nH]c(C)nc12.COC(=O)c1cc(-c2ccc(OCc3ccccc3)cc2)cc2c1nc(C)n2C(=O)OC(C)(C)C. The maximum Gasteiger partial charge on any atom is 0.420 e. The van der Waals surface area contributed by atoms with E-state index in [4.69, 9.17) is 23.7 Å². The molecule has 8 rings (SSSR count). The number of benzene rings is 6. The van der Waals surface area contributed by atoms with E-state index in [1.807, 2.05) is 134 Å². The molecule has 8 aromatic rings. The lowest BCUT2D eigenvalue weighted by Gasteiger charge is -2.20. The summed E-state index contributed by atoms with van der Waals surface area (Å²) in [4.78, 5) is 49.8. The number of carbonyl (C=O) groups is 3. The highest BCUT2D eigenvalue weighted by Crippen LogP contribution is 2.32. The van der Waals surface area contributed by atoms with Crippen molar-refractivity contribution < 1.29 is 38.1 Å². The lowest BCUT2D eigenvalue weighted by molar-refractivity contribution is 0.0537. The van der Waals surface area contributed by atoms with Crippen LogP contribution in [0.3, 0.4) is 0 Å². The number of H-pyrrole nitrogens is 1. The number of aryl methyl sites for hydroxylation is 2. The van der Waals surface area contributed by atoms with Crippen molar-refractivity contribution in [2.75, 3.05) is 14.2 Å². The normalized spacial score (nSPS) is 11.1. The number of carbonyl (C=O) groups excluding carboxylic acids is 3. The number of nitrogens with one attached hydrogen (secondary N) is 1. The number of methoxy groups -OCH3 is 2. The quantitative estimate of drug-likeness (QED) is 0.104. The van der Waals surface area contributed by atoms with Gasteiger partial charge in [-0.15, -0.1) is 0 Å². The number of aromatic nitrogens is 4. The monoisotopic (exact) mass is 844 g/mol. The van der Waals surface area contributed by atoms with Gasteiger partial charge < -0.3 is 28.7 Å². The highest BCUT2D eigenvalue weighted by atomic mass is 16.6. The average Bonchev–Trinajstić information content (AvgIpc) is 3.85. The van der Waals surface area contributed by atoms with Crippen LogP contribution in [0.15, 0.2) is 133 Å². The van der Waals surface area contributed by atoms with E-state index >= 15 is 0 Å². The molecule has 0 spiro atoms. The molecule has 6 aromatic carbocycles. The van der Waals surface area contributed by atoms with Gasteiger partial charge in [0.1, 0.15) is 53.0 Å². The van der Waals surface area contributed by atoms with Crippen molar-refractivity contribution in [3.63, 3.8) is 0 Å². The van der Waals surface area contributed by atoms with Crippen LogP contribution in [0.1, 0.15) is 64.3 Å². The second-order valence-electron chi connectivity index (χ2n) is 15.7. The van der Waals surface area contributed by atoms with Gasteiger partial charge in [0, 0.05) is 0 Å². The Labute approximate surface area is 365 Å². The average molecular weight is 845 g/mol. The minimum absolute atomic E-state index is 0.273. The fourth-order valence-electron chi connectivity index (χ4n) is 6.91. The lowest BCUT2D eigenvalue weighted by Crippen LogP contribution is -2.27. The number of imidazole rings is 2. The molecule has 0 saturated carbocycles. The van der Waals surface area contributed by atoms with Crippen LogP contribution in [-0.4, -0.2) is 57.4 Å². The van der Waals surface area contributed by atoms with Gasteiger partial charge in [0.05, 0.1) is 36.4 Å². The molecule has 0 aliphatic carbocycles. The van der Waals surface area contributed by atoms with Crippen LogP contribution >= 0.6 is 0 Å². The van der Waals surface area contributed by atoms with E-state index in [0.717, 1.165) is 56.2 Å². The van der Waals surface area contributed by atoms with E-state index < -0.39 is 23.6 Å². The van der Waals surface area contributed by atoms with Crippen LogP contribution in [0.5, 0.6) is 11.5 Å².